The smallest absolute Gasteiger partial charge is 0.183 e. The van der Waals surface area contributed by atoms with Crippen molar-refractivity contribution in [3.05, 3.63) is 29.3 Å². The van der Waals surface area contributed by atoms with E-state index in [4.69, 9.17) is 0 Å². The van der Waals surface area contributed by atoms with Crippen molar-refractivity contribution in [1.82, 2.24) is 5.32 Å². The molecule has 2 atom stereocenters. The van der Waals surface area contributed by atoms with Crippen molar-refractivity contribution < 1.29 is 8.42 Å². The van der Waals surface area contributed by atoms with Crippen LogP contribution in [0.15, 0.2) is 23.1 Å². The number of hydrogen-bond acceptors (Lipinski definition) is 3. The van der Waals surface area contributed by atoms with Crippen molar-refractivity contribution in [2.45, 2.75) is 43.4 Å². The average molecular weight is 253 g/mol. The van der Waals surface area contributed by atoms with Crippen LogP contribution in [0.3, 0.4) is 0 Å². The van der Waals surface area contributed by atoms with Crippen LogP contribution in [0.2, 0.25) is 0 Å². The molecule has 0 saturated heterocycles. The zero-order chi connectivity index (χ0) is 12.6. The van der Waals surface area contributed by atoms with Crippen molar-refractivity contribution >= 4 is 9.84 Å². The molecule has 0 bridgehead atoms. The van der Waals surface area contributed by atoms with Gasteiger partial charge in [0.1, 0.15) is 0 Å². The monoisotopic (exact) mass is 253 g/mol. The Morgan fingerprint density at radius 1 is 1.29 bits per heavy atom. The summed E-state index contributed by atoms with van der Waals surface area (Å²) >= 11 is 0. The van der Waals surface area contributed by atoms with E-state index in [1.807, 2.05) is 32.9 Å². The highest BCUT2D eigenvalue weighted by Gasteiger charge is 2.43. The van der Waals surface area contributed by atoms with Gasteiger partial charge in [-0.25, -0.2) is 8.42 Å². The molecular weight excluding hydrogens is 234 g/mol. The molecule has 0 spiro atoms. The minimum Gasteiger partial charge on any atom is -0.309 e. The molecule has 0 amide bonds. The van der Waals surface area contributed by atoms with Crippen molar-refractivity contribution in [2.75, 3.05) is 6.54 Å². The van der Waals surface area contributed by atoms with Crippen LogP contribution in [0.5, 0.6) is 0 Å². The Bertz CT molecular complexity index is 522. The molecule has 0 aromatic heterocycles. The molecule has 2 rings (SSSR count). The SMILES string of the molecule is CCNC1c2cc(C)ccc2S(=O)(=O)C1CC. The van der Waals surface area contributed by atoms with Gasteiger partial charge >= 0.3 is 0 Å². The molecule has 3 nitrogen and oxygen atoms in total. The lowest BCUT2D eigenvalue weighted by Gasteiger charge is -2.18. The second-order valence-corrected chi connectivity index (χ2v) is 6.70. The Hall–Kier alpha value is -0.870. The van der Waals surface area contributed by atoms with Gasteiger partial charge in [-0.15, -0.1) is 0 Å². The maximum absolute atomic E-state index is 12.4. The molecule has 1 aliphatic rings. The van der Waals surface area contributed by atoms with Crippen LogP contribution >= 0.6 is 0 Å². The van der Waals surface area contributed by atoms with E-state index >= 15 is 0 Å². The summed E-state index contributed by atoms with van der Waals surface area (Å²) in [7, 11) is -3.15. The number of aryl methyl sites for hydroxylation is 1. The topological polar surface area (TPSA) is 46.2 Å². The van der Waals surface area contributed by atoms with Crippen LogP contribution in [0.4, 0.5) is 0 Å². The molecule has 94 valence electrons. The van der Waals surface area contributed by atoms with Gasteiger partial charge in [0.15, 0.2) is 9.84 Å². The zero-order valence-corrected chi connectivity index (χ0v) is 11.3. The van der Waals surface area contributed by atoms with Crippen LogP contribution in [-0.2, 0) is 9.84 Å². The highest BCUT2D eigenvalue weighted by atomic mass is 32.2. The summed E-state index contributed by atoms with van der Waals surface area (Å²) in [6, 6.07) is 5.57. The maximum atomic E-state index is 12.4. The molecule has 1 N–H and O–H groups in total. The fourth-order valence-electron chi connectivity index (χ4n) is 2.63. The zero-order valence-electron chi connectivity index (χ0n) is 10.5. The summed E-state index contributed by atoms with van der Waals surface area (Å²) in [6.07, 6.45) is 0.647. The second kappa shape index (κ2) is 4.42. The van der Waals surface area contributed by atoms with E-state index < -0.39 is 9.84 Å². The first-order chi connectivity index (χ1) is 8.02. The van der Waals surface area contributed by atoms with Crippen molar-refractivity contribution in [2.24, 2.45) is 0 Å². The van der Waals surface area contributed by atoms with Gasteiger partial charge < -0.3 is 5.32 Å². The predicted molar refractivity (Wildman–Crippen MR) is 68.9 cm³/mol. The van der Waals surface area contributed by atoms with Gasteiger partial charge in [-0.05, 0) is 31.5 Å². The van der Waals surface area contributed by atoms with E-state index in [-0.39, 0.29) is 11.3 Å². The van der Waals surface area contributed by atoms with E-state index in [9.17, 15) is 8.42 Å². The minimum absolute atomic E-state index is 0.0510. The fourth-order valence-corrected chi connectivity index (χ4v) is 4.77. The van der Waals surface area contributed by atoms with Gasteiger partial charge in [-0.2, -0.15) is 0 Å². The van der Waals surface area contributed by atoms with E-state index in [0.29, 0.717) is 11.3 Å². The largest absolute Gasteiger partial charge is 0.309 e. The Kier molecular flexibility index (Phi) is 3.27. The molecule has 2 unspecified atom stereocenters. The molecule has 0 saturated carbocycles. The van der Waals surface area contributed by atoms with Crippen molar-refractivity contribution in [1.29, 1.82) is 0 Å². The van der Waals surface area contributed by atoms with Gasteiger partial charge in [0.25, 0.3) is 0 Å². The van der Waals surface area contributed by atoms with Crippen LogP contribution in [0.25, 0.3) is 0 Å². The number of fused-ring (bicyclic) bond motifs is 1. The molecule has 1 aromatic rings. The Morgan fingerprint density at radius 2 is 2.00 bits per heavy atom. The lowest BCUT2D eigenvalue weighted by Crippen LogP contribution is -2.31. The number of nitrogens with one attached hydrogen (secondary N) is 1. The lowest BCUT2D eigenvalue weighted by atomic mass is 10.0. The highest BCUT2D eigenvalue weighted by Crippen LogP contribution is 2.40. The van der Waals surface area contributed by atoms with Crippen LogP contribution in [0.1, 0.15) is 37.4 Å². The molecule has 17 heavy (non-hydrogen) atoms. The molecule has 0 radical (unpaired) electrons. The van der Waals surface area contributed by atoms with Gasteiger partial charge in [0.2, 0.25) is 0 Å². The first-order valence-corrected chi connectivity index (χ1v) is 7.64. The van der Waals surface area contributed by atoms with E-state index in [2.05, 4.69) is 5.32 Å². The quantitative estimate of drug-likeness (QED) is 0.898. The van der Waals surface area contributed by atoms with Crippen molar-refractivity contribution in [3.63, 3.8) is 0 Å². The standard InChI is InChI=1S/C13H19NO2S/c1-4-11-13(14-5-2)10-8-9(3)6-7-12(10)17(11,15)16/h6-8,11,13-14H,4-5H2,1-3H3. The van der Waals surface area contributed by atoms with E-state index in [0.717, 1.165) is 17.7 Å². The van der Waals surface area contributed by atoms with Crippen molar-refractivity contribution in [3.8, 4) is 0 Å². The van der Waals surface area contributed by atoms with E-state index in [1.54, 1.807) is 6.07 Å². The fraction of sp³-hybridized carbons (Fsp3) is 0.538. The summed E-state index contributed by atoms with van der Waals surface area (Å²) in [6.45, 7) is 6.72. The lowest BCUT2D eigenvalue weighted by molar-refractivity contribution is 0.505. The van der Waals surface area contributed by atoms with Gasteiger partial charge in [-0.1, -0.05) is 31.5 Å². The number of benzene rings is 1. The maximum Gasteiger partial charge on any atom is 0.183 e. The number of sulfone groups is 1. The Balaban J connectivity index is 2.60. The van der Waals surface area contributed by atoms with Crippen LogP contribution < -0.4 is 5.32 Å². The third-order valence-corrected chi connectivity index (χ3v) is 5.79. The van der Waals surface area contributed by atoms with Gasteiger partial charge in [-0.3, -0.25) is 0 Å². The molecule has 1 aliphatic heterocycles. The number of rotatable bonds is 3. The normalized spacial score (nSPS) is 25.8. The van der Waals surface area contributed by atoms with Gasteiger partial charge in [0.05, 0.1) is 16.2 Å². The van der Waals surface area contributed by atoms with Gasteiger partial charge in [0, 0.05) is 0 Å². The summed E-state index contributed by atoms with van der Waals surface area (Å²) in [5.41, 5.74) is 2.05. The minimum atomic E-state index is -3.15. The summed E-state index contributed by atoms with van der Waals surface area (Å²) in [5.74, 6) is 0. The third-order valence-electron chi connectivity index (χ3n) is 3.40. The Morgan fingerprint density at radius 3 is 2.59 bits per heavy atom. The van der Waals surface area contributed by atoms with Crippen LogP contribution in [0, 0.1) is 6.92 Å². The Labute approximate surface area is 103 Å². The summed E-state index contributed by atoms with van der Waals surface area (Å²) in [4.78, 5) is 0.515. The predicted octanol–water partition coefficient (Wildman–Crippen LogP) is 2.21. The third kappa shape index (κ3) is 1.89. The molecule has 0 aliphatic carbocycles. The highest BCUT2D eigenvalue weighted by molar-refractivity contribution is 7.92. The van der Waals surface area contributed by atoms with E-state index in [1.165, 1.54) is 0 Å². The number of hydrogen-bond donors (Lipinski definition) is 1. The average Bonchev–Trinajstić information content (AvgIpc) is 2.47. The summed E-state index contributed by atoms with van der Waals surface area (Å²) in [5, 5.41) is 2.99. The summed E-state index contributed by atoms with van der Waals surface area (Å²) < 4.78 is 24.7. The second-order valence-electron chi connectivity index (χ2n) is 4.57. The molecule has 1 heterocycles. The first kappa shape index (κ1) is 12.6. The van der Waals surface area contributed by atoms with Crippen LogP contribution in [-0.4, -0.2) is 20.2 Å². The molecular formula is C13H19NO2S. The molecule has 0 fully saturated rings. The first-order valence-electron chi connectivity index (χ1n) is 6.10. The molecule has 4 heteroatoms. The molecule has 1 aromatic carbocycles.